The Morgan fingerprint density at radius 2 is 0.930 bits per heavy atom. The molecule has 0 atom stereocenters. The number of hydrogen-bond donors (Lipinski definition) is 0. The molecular weight excluding hydrogens is 639 g/mol. The monoisotopic (exact) mass is 698 g/mol. The molecule has 0 radical (unpaired) electrons. The van der Waals surface area contributed by atoms with Crippen LogP contribution in [0.15, 0.2) is 4.88 Å². The van der Waals surface area contributed by atoms with Gasteiger partial charge < -0.3 is 4.55 Å². The second kappa shape index (κ2) is 17.8. The zero-order valence-electron chi connectivity index (χ0n) is 29.4. The topological polar surface area (TPSA) is 96.6 Å². The molecule has 258 valence electrons. The van der Waals surface area contributed by atoms with Gasteiger partial charge in [0.15, 0.2) is 10.1 Å². The van der Waals surface area contributed by atoms with E-state index in [1.54, 1.807) is 0 Å². The van der Waals surface area contributed by atoms with Crippen LogP contribution in [-0.4, -0.2) is 103 Å². The van der Waals surface area contributed by atoms with Crippen LogP contribution < -0.4 is 0 Å². The van der Waals surface area contributed by atoms with E-state index in [0.717, 1.165) is 0 Å². The first-order chi connectivity index (χ1) is 19.0. The normalized spacial score (nSPS) is 14.1. The number of nitrogens with zero attached hydrogens (tertiary/aromatic N) is 6. The molecule has 0 aliphatic carbocycles. The maximum atomic E-state index is 10.7. The van der Waals surface area contributed by atoms with E-state index in [-0.39, 0.29) is 24.2 Å². The molecule has 0 amide bonds. The van der Waals surface area contributed by atoms with Crippen molar-refractivity contribution >= 4 is 41.9 Å². The van der Waals surface area contributed by atoms with Gasteiger partial charge in [-0.2, -0.15) is 13.2 Å². The summed E-state index contributed by atoms with van der Waals surface area (Å²) in [5.74, 6) is 3.55. The molecule has 0 saturated heterocycles. The molecule has 0 aromatic carbocycles. The third-order valence-electron chi connectivity index (χ3n) is 6.41. The smallest absolute Gasteiger partial charge is 0.485 e. The maximum Gasteiger partial charge on any atom is 0.485 e. The van der Waals surface area contributed by atoms with E-state index < -0.39 is 29.7 Å². The van der Waals surface area contributed by atoms with Crippen LogP contribution in [0.1, 0.15) is 111 Å². The van der Waals surface area contributed by atoms with Gasteiger partial charge in [0.1, 0.15) is 6.66 Å². The van der Waals surface area contributed by atoms with E-state index in [1.807, 2.05) is 0 Å². The minimum atomic E-state index is -6.09. The van der Waals surface area contributed by atoms with Crippen LogP contribution in [0.5, 0.6) is 0 Å². The van der Waals surface area contributed by atoms with Gasteiger partial charge in [-0.15, -0.1) is 14.1 Å². The lowest BCUT2D eigenvalue weighted by Gasteiger charge is -2.51. The van der Waals surface area contributed by atoms with Gasteiger partial charge in [-0.05, 0) is 111 Å². The predicted octanol–water partition coefficient (Wildman–Crippen LogP) is 7.78. The van der Waals surface area contributed by atoms with Crippen molar-refractivity contribution in [2.45, 2.75) is 165 Å². The van der Waals surface area contributed by atoms with Crippen molar-refractivity contribution in [2.75, 3.05) is 6.66 Å². The summed E-state index contributed by atoms with van der Waals surface area (Å²) in [5, 5.41) is 0. The van der Waals surface area contributed by atoms with Crippen molar-refractivity contribution < 1.29 is 30.9 Å². The van der Waals surface area contributed by atoms with Crippen LogP contribution >= 0.6 is 14.1 Å². The fourth-order valence-electron chi connectivity index (χ4n) is 5.98. The molecular formula is C27H59F3N6O3P2S2. The highest BCUT2D eigenvalue weighted by molar-refractivity contribution is 8.19. The van der Waals surface area contributed by atoms with Crippen molar-refractivity contribution in [2.24, 2.45) is 4.88 Å². The van der Waals surface area contributed by atoms with Gasteiger partial charge in [-0.3, -0.25) is 9.34 Å². The van der Waals surface area contributed by atoms with Crippen molar-refractivity contribution in [1.29, 1.82) is 0 Å². The zero-order chi connectivity index (χ0) is 35.0. The van der Waals surface area contributed by atoms with Gasteiger partial charge >= 0.3 is 13.2 Å². The molecule has 9 nitrogen and oxygen atoms in total. The van der Waals surface area contributed by atoms with E-state index in [0.29, 0.717) is 24.2 Å². The van der Waals surface area contributed by atoms with Crippen molar-refractivity contribution in [3.05, 3.63) is 0 Å². The third-order valence-corrected chi connectivity index (χ3v) is 15.8. The summed E-state index contributed by atoms with van der Waals surface area (Å²) >= 11 is 6.56. The Kier molecular flexibility index (Phi) is 18.7. The molecule has 16 heteroatoms. The quantitative estimate of drug-likeness (QED) is 0.0345. The van der Waals surface area contributed by atoms with Crippen molar-refractivity contribution in [3.63, 3.8) is 0 Å². The van der Waals surface area contributed by atoms with Gasteiger partial charge in [-0.25, -0.2) is 8.42 Å². The lowest BCUT2D eigenvalue weighted by molar-refractivity contribution is -0.0632. The minimum Gasteiger partial charge on any atom is -0.741 e. The Balaban J connectivity index is 0. The van der Waals surface area contributed by atoms with Crippen LogP contribution in [0, 0.1) is 0 Å². The lowest BCUT2D eigenvalue weighted by atomic mass is 10.3. The summed E-state index contributed by atoms with van der Waals surface area (Å²) in [4.78, 5) is 10.1. The number of hydrogen-bond acceptors (Lipinski definition) is 7. The van der Waals surface area contributed by atoms with Crippen molar-refractivity contribution in [1.82, 2.24) is 18.7 Å². The Morgan fingerprint density at radius 1 is 0.698 bits per heavy atom. The Bertz CT molecular complexity index is 987. The van der Waals surface area contributed by atoms with Crippen molar-refractivity contribution in [3.8, 4) is 0 Å². The SMILES string of the molecule is CC(C)N(C(C)C)P(=S)([C-]=[N+]=N[P+](C)(N(C(C)C)C(C)C)N(C(C)C)C(C)C)N(C(C)C)C(C)C.O=S(=O)([O-])C(F)(F)F. The van der Waals surface area contributed by atoms with Crippen LogP contribution in [0.4, 0.5) is 13.2 Å². The molecule has 0 aromatic rings. The van der Waals surface area contributed by atoms with Gasteiger partial charge in [0, 0.05) is 54.7 Å². The van der Waals surface area contributed by atoms with Gasteiger partial charge in [0.2, 0.25) is 4.88 Å². The highest BCUT2D eigenvalue weighted by atomic mass is 32.4. The largest absolute Gasteiger partial charge is 0.741 e. The molecule has 0 N–H and O–H groups in total. The average Bonchev–Trinajstić information content (AvgIpc) is 2.69. The standard InChI is InChI=1S/C26H59N6P2S.CHF3O3S/c1-19(2)29(20(3)4)33(17,30(21(5)6)22(7)8)28-27-18-34(35,31(23(9)10)24(11)12)32(25(13)14)26(15)16;2-1(3,4)8(5,6)7/h19-26H,1-17H3;(H,5,6,7)/q+1;/p-1. The third kappa shape index (κ3) is 12.6. The van der Waals surface area contributed by atoms with Crippen LogP contribution in [0.25, 0.3) is 0 Å². The highest BCUT2D eigenvalue weighted by Gasteiger charge is 2.56. The number of halogens is 3. The van der Waals surface area contributed by atoms with Gasteiger partial charge in [0.05, 0.1) is 5.96 Å². The van der Waals surface area contributed by atoms with Crippen LogP contribution in [0.3, 0.4) is 0 Å². The zero-order valence-corrected chi connectivity index (χ0v) is 32.8. The van der Waals surface area contributed by atoms with E-state index in [4.69, 9.17) is 34.5 Å². The fourth-order valence-corrected chi connectivity index (χ4v) is 15.7. The first-order valence-electron chi connectivity index (χ1n) is 14.9. The second-order valence-corrected chi connectivity index (χ2v) is 20.8. The van der Waals surface area contributed by atoms with E-state index in [9.17, 15) is 13.2 Å². The summed E-state index contributed by atoms with van der Waals surface area (Å²) in [6, 6.07) is 2.54. The first kappa shape index (κ1) is 45.1. The second-order valence-electron chi connectivity index (χ2n) is 12.9. The van der Waals surface area contributed by atoms with Crippen LogP contribution in [-0.2, 0) is 21.9 Å². The molecule has 43 heavy (non-hydrogen) atoms. The highest BCUT2D eigenvalue weighted by Crippen LogP contribution is 2.66. The molecule has 0 aliphatic rings. The summed E-state index contributed by atoms with van der Waals surface area (Å²) < 4.78 is 68.9. The van der Waals surface area contributed by atoms with Gasteiger partial charge in [-0.1, -0.05) is 11.8 Å². The lowest BCUT2D eigenvalue weighted by Crippen LogP contribution is -2.47. The average molecular weight is 699 g/mol. The molecule has 0 spiro atoms. The summed E-state index contributed by atoms with van der Waals surface area (Å²) in [7, 11) is -8.25. The molecule has 0 bridgehead atoms. The molecule has 0 aromatic heterocycles. The first-order valence-corrected chi connectivity index (χ1v) is 21.1. The number of rotatable bonds is 14. The molecule has 0 saturated carbocycles. The summed E-state index contributed by atoms with van der Waals surface area (Å²) in [6.07, 6.45) is -2.44. The summed E-state index contributed by atoms with van der Waals surface area (Å²) in [6.45, 7) is 38.3. The summed E-state index contributed by atoms with van der Waals surface area (Å²) in [5.41, 5.74) is -5.65. The fraction of sp³-hybridized carbons (Fsp3) is 0.963. The van der Waals surface area contributed by atoms with Gasteiger partial charge in [0.25, 0.3) is 0 Å². The van der Waals surface area contributed by atoms with Crippen LogP contribution in [0.2, 0.25) is 0 Å². The Morgan fingerprint density at radius 3 is 1.09 bits per heavy atom. The molecule has 0 fully saturated rings. The Labute approximate surface area is 267 Å². The molecule has 0 heterocycles. The van der Waals surface area contributed by atoms with E-state index in [1.165, 1.54) is 0 Å². The Hall–Kier alpha value is -0.0000000000000000278. The molecule has 0 aliphatic heterocycles. The maximum absolute atomic E-state index is 10.7. The molecule has 0 unspecified atom stereocenters. The minimum absolute atomic E-state index is 0.287. The molecule has 0 rings (SSSR count). The number of alkyl halides is 3. The van der Waals surface area contributed by atoms with E-state index in [2.05, 4.69) is 142 Å². The van der Waals surface area contributed by atoms with E-state index >= 15 is 0 Å². The predicted molar refractivity (Wildman–Crippen MR) is 179 cm³/mol.